The molecule has 0 saturated carbocycles. The number of halogens is 1. The minimum absolute atomic E-state index is 0.0192. The van der Waals surface area contributed by atoms with E-state index < -0.39 is 10.0 Å². The van der Waals surface area contributed by atoms with Crippen molar-refractivity contribution in [2.24, 2.45) is 0 Å². The van der Waals surface area contributed by atoms with E-state index >= 15 is 0 Å². The van der Waals surface area contributed by atoms with Gasteiger partial charge in [-0.1, -0.05) is 23.7 Å². The van der Waals surface area contributed by atoms with Crippen molar-refractivity contribution in [1.82, 2.24) is 9.88 Å². The highest BCUT2D eigenvalue weighted by Crippen LogP contribution is 2.24. The number of aromatic nitrogens is 1. The van der Waals surface area contributed by atoms with Crippen LogP contribution in [-0.4, -0.2) is 50.9 Å². The topological polar surface area (TPSA) is 82.6 Å². The molecule has 1 aliphatic rings. The Kier molecular flexibility index (Phi) is 5.10. The van der Waals surface area contributed by atoms with Crippen LogP contribution in [-0.2, 0) is 14.8 Å². The number of sulfonamides is 1. The standard InChI is InChI=1S/C16H17ClN4O3S/c17-14-3-1-2-4-15(14)25(23,24)19-13-5-6-16(18-11-13)21-9-7-20(12-22)8-10-21/h1-6,11-12,19H,7-10H2. The van der Waals surface area contributed by atoms with Gasteiger partial charge in [-0.05, 0) is 24.3 Å². The average Bonchev–Trinajstić information content (AvgIpc) is 2.62. The first-order valence-electron chi connectivity index (χ1n) is 7.67. The van der Waals surface area contributed by atoms with Gasteiger partial charge in [0.1, 0.15) is 10.7 Å². The van der Waals surface area contributed by atoms with Crippen molar-refractivity contribution in [3.8, 4) is 0 Å². The van der Waals surface area contributed by atoms with E-state index in [0.717, 1.165) is 12.2 Å². The number of carbonyl (C=O) groups is 1. The lowest BCUT2D eigenvalue weighted by Crippen LogP contribution is -2.46. The monoisotopic (exact) mass is 380 g/mol. The Bertz CT molecular complexity index is 850. The third-order valence-electron chi connectivity index (χ3n) is 3.91. The van der Waals surface area contributed by atoms with E-state index in [2.05, 4.69) is 9.71 Å². The Hall–Kier alpha value is -2.32. The van der Waals surface area contributed by atoms with E-state index in [1.165, 1.54) is 18.3 Å². The third kappa shape index (κ3) is 4.02. The van der Waals surface area contributed by atoms with Crippen LogP contribution in [0.3, 0.4) is 0 Å². The minimum Gasteiger partial charge on any atom is -0.353 e. The normalized spacial score (nSPS) is 15.1. The summed E-state index contributed by atoms with van der Waals surface area (Å²) in [7, 11) is -3.77. The van der Waals surface area contributed by atoms with Crippen molar-refractivity contribution in [2.45, 2.75) is 4.90 Å². The van der Waals surface area contributed by atoms with Gasteiger partial charge in [-0.25, -0.2) is 13.4 Å². The molecule has 0 radical (unpaired) electrons. The highest BCUT2D eigenvalue weighted by atomic mass is 35.5. The van der Waals surface area contributed by atoms with E-state index in [0.29, 0.717) is 31.9 Å². The summed E-state index contributed by atoms with van der Waals surface area (Å²) in [4.78, 5) is 18.8. The number of piperazine rings is 1. The number of carbonyl (C=O) groups excluding carboxylic acids is 1. The maximum Gasteiger partial charge on any atom is 0.263 e. The van der Waals surface area contributed by atoms with Crippen molar-refractivity contribution in [2.75, 3.05) is 35.8 Å². The second kappa shape index (κ2) is 7.28. The lowest BCUT2D eigenvalue weighted by Gasteiger charge is -2.33. The zero-order valence-electron chi connectivity index (χ0n) is 13.3. The number of benzene rings is 1. The van der Waals surface area contributed by atoms with Crippen molar-refractivity contribution < 1.29 is 13.2 Å². The van der Waals surface area contributed by atoms with Crippen LogP contribution in [0.5, 0.6) is 0 Å². The first-order valence-corrected chi connectivity index (χ1v) is 9.53. The second-order valence-corrected chi connectivity index (χ2v) is 7.63. The van der Waals surface area contributed by atoms with Gasteiger partial charge in [-0.15, -0.1) is 0 Å². The maximum atomic E-state index is 12.4. The first kappa shape index (κ1) is 17.5. The lowest BCUT2D eigenvalue weighted by molar-refractivity contribution is -0.118. The van der Waals surface area contributed by atoms with E-state index in [1.54, 1.807) is 29.2 Å². The molecule has 0 unspecified atom stereocenters. The molecule has 0 bridgehead atoms. The van der Waals surface area contributed by atoms with Gasteiger partial charge in [0.2, 0.25) is 6.41 Å². The average molecular weight is 381 g/mol. The Morgan fingerprint density at radius 3 is 2.40 bits per heavy atom. The smallest absolute Gasteiger partial charge is 0.263 e. The number of anilines is 2. The van der Waals surface area contributed by atoms with Crippen LogP contribution in [0.2, 0.25) is 5.02 Å². The van der Waals surface area contributed by atoms with Gasteiger partial charge in [-0.2, -0.15) is 0 Å². The summed E-state index contributed by atoms with van der Waals surface area (Å²) >= 11 is 5.96. The molecular formula is C16H17ClN4O3S. The molecule has 1 aromatic heterocycles. The predicted octanol–water partition coefficient (Wildman–Crippen LogP) is 1.81. The van der Waals surface area contributed by atoms with Crippen molar-refractivity contribution in [3.05, 3.63) is 47.6 Å². The van der Waals surface area contributed by atoms with Crippen LogP contribution in [0.4, 0.5) is 11.5 Å². The molecule has 0 atom stereocenters. The highest BCUT2D eigenvalue weighted by molar-refractivity contribution is 7.92. The molecule has 0 aliphatic carbocycles. The molecule has 1 aromatic carbocycles. The zero-order valence-corrected chi connectivity index (χ0v) is 14.9. The molecule has 1 fully saturated rings. The molecule has 9 heteroatoms. The van der Waals surface area contributed by atoms with Crippen LogP contribution in [0.15, 0.2) is 47.5 Å². The fourth-order valence-corrected chi connectivity index (χ4v) is 4.13. The molecule has 2 heterocycles. The van der Waals surface area contributed by atoms with Crippen LogP contribution < -0.4 is 9.62 Å². The number of pyridine rings is 1. The van der Waals surface area contributed by atoms with Gasteiger partial charge in [0, 0.05) is 26.2 Å². The molecular weight excluding hydrogens is 364 g/mol. The Labute approximate surface area is 151 Å². The van der Waals surface area contributed by atoms with Gasteiger partial charge >= 0.3 is 0 Å². The maximum absolute atomic E-state index is 12.4. The molecule has 0 spiro atoms. The summed E-state index contributed by atoms with van der Waals surface area (Å²) in [5.74, 6) is 0.742. The van der Waals surface area contributed by atoms with Gasteiger partial charge < -0.3 is 9.80 Å². The van der Waals surface area contributed by atoms with Crippen molar-refractivity contribution in [3.63, 3.8) is 0 Å². The zero-order chi connectivity index (χ0) is 17.9. The minimum atomic E-state index is -3.77. The summed E-state index contributed by atoms with van der Waals surface area (Å²) in [6.45, 7) is 2.67. The first-order chi connectivity index (χ1) is 12.0. The molecule has 1 aliphatic heterocycles. The Morgan fingerprint density at radius 2 is 1.80 bits per heavy atom. The van der Waals surface area contributed by atoms with Gasteiger partial charge in [0.25, 0.3) is 10.0 Å². The van der Waals surface area contributed by atoms with Crippen molar-refractivity contribution in [1.29, 1.82) is 0 Å². The van der Waals surface area contributed by atoms with Crippen molar-refractivity contribution >= 4 is 39.5 Å². The molecule has 132 valence electrons. The number of amides is 1. The summed E-state index contributed by atoms with van der Waals surface area (Å²) in [5.41, 5.74) is 0.357. The van der Waals surface area contributed by atoms with E-state index in [1.807, 2.05) is 4.90 Å². The number of nitrogens with one attached hydrogen (secondary N) is 1. The lowest BCUT2D eigenvalue weighted by atomic mass is 10.3. The number of hydrogen-bond donors (Lipinski definition) is 1. The van der Waals surface area contributed by atoms with Crippen LogP contribution >= 0.6 is 11.6 Å². The summed E-state index contributed by atoms with van der Waals surface area (Å²) in [6, 6.07) is 9.65. The second-order valence-electron chi connectivity index (χ2n) is 5.57. The molecule has 7 nitrogen and oxygen atoms in total. The van der Waals surface area contributed by atoms with Crippen LogP contribution in [0.1, 0.15) is 0 Å². The largest absolute Gasteiger partial charge is 0.353 e. The summed E-state index contributed by atoms with van der Waals surface area (Å²) in [5, 5.41) is 0.160. The fourth-order valence-electron chi connectivity index (χ4n) is 2.56. The molecule has 2 aromatic rings. The summed E-state index contributed by atoms with van der Waals surface area (Å²) < 4.78 is 27.3. The van der Waals surface area contributed by atoms with Crippen LogP contribution in [0.25, 0.3) is 0 Å². The molecule has 3 rings (SSSR count). The van der Waals surface area contributed by atoms with Crippen LogP contribution in [0, 0.1) is 0 Å². The van der Waals surface area contributed by atoms with Gasteiger partial charge in [-0.3, -0.25) is 9.52 Å². The molecule has 1 amide bonds. The Morgan fingerprint density at radius 1 is 1.08 bits per heavy atom. The third-order valence-corrected chi connectivity index (χ3v) is 5.79. The Balaban J connectivity index is 1.71. The number of hydrogen-bond acceptors (Lipinski definition) is 5. The summed E-state index contributed by atoms with van der Waals surface area (Å²) in [6.07, 6.45) is 2.31. The molecule has 1 N–H and O–H groups in total. The van der Waals surface area contributed by atoms with Gasteiger partial charge in [0.15, 0.2) is 0 Å². The molecule has 25 heavy (non-hydrogen) atoms. The predicted molar refractivity (Wildman–Crippen MR) is 96.3 cm³/mol. The van der Waals surface area contributed by atoms with E-state index in [9.17, 15) is 13.2 Å². The highest BCUT2D eigenvalue weighted by Gasteiger charge is 2.19. The number of nitrogens with zero attached hydrogens (tertiary/aromatic N) is 3. The quantitative estimate of drug-likeness (QED) is 0.800. The SMILES string of the molecule is O=CN1CCN(c2ccc(NS(=O)(=O)c3ccccc3Cl)cn2)CC1. The fraction of sp³-hybridized carbons (Fsp3) is 0.250. The van der Waals surface area contributed by atoms with Gasteiger partial charge in [0.05, 0.1) is 16.9 Å². The van der Waals surface area contributed by atoms with E-state index in [4.69, 9.17) is 11.6 Å². The molecule has 1 saturated heterocycles. The number of rotatable bonds is 5. The van der Waals surface area contributed by atoms with E-state index in [-0.39, 0.29) is 9.92 Å².